The number of phenolic OH excluding ortho intramolecular Hbond substituents is 1. The molecule has 0 aliphatic heterocycles. The fourth-order valence-corrected chi connectivity index (χ4v) is 2.79. The molecule has 0 bridgehead atoms. The zero-order valence-electron chi connectivity index (χ0n) is 13.6. The number of hydrazone groups is 1. The van der Waals surface area contributed by atoms with Gasteiger partial charge in [-0.1, -0.05) is 6.07 Å². The van der Waals surface area contributed by atoms with Crippen molar-refractivity contribution in [1.29, 1.82) is 0 Å². The van der Waals surface area contributed by atoms with Crippen LogP contribution in [0.5, 0.6) is 11.5 Å². The number of nitrogens with zero attached hydrogens (tertiary/aromatic N) is 3. The van der Waals surface area contributed by atoms with Gasteiger partial charge in [0.15, 0.2) is 11.5 Å². The second-order valence-electron chi connectivity index (χ2n) is 4.95. The Hall–Kier alpha value is -3.74. The second-order valence-corrected chi connectivity index (χ2v) is 6.61. The van der Waals surface area contributed by atoms with Crippen LogP contribution in [0.2, 0.25) is 0 Å². The van der Waals surface area contributed by atoms with Gasteiger partial charge in [-0.2, -0.15) is 13.5 Å². The first-order valence-corrected chi connectivity index (χ1v) is 8.48. The number of hydrogen-bond acceptors (Lipinski definition) is 9. The molecule has 0 atom stereocenters. The van der Waals surface area contributed by atoms with E-state index in [1.807, 2.05) is 0 Å². The average molecular weight is 396 g/mol. The van der Waals surface area contributed by atoms with Crippen LogP contribution < -0.4 is 9.57 Å². The molecular formula is C14H12N4O8S. The quantitative estimate of drug-likeness (QED) is 0.402. The SMILES string of the molecule is COc1cc([N+](=O)[O-])cc(/C=N/NS(=O)(=O)c2cccc([N+](=O)[O-])c2)c1O. The number of aromatic hydroxyl groups is 1. The normalized spacial score (nSPS) is 11.3. The summed E-state index contributed by atoms with van der Waals surface area (Å²) in [7, 11) is -3.06. The molecule has 0 heterocycles. The third kappa shape index (κ3) is 4.46. The van der Waals surface area contributed by atoms with Gasteiger partial charge in [-0.05, 0) is 6.07 Å². The van der Waals surface area contributed by atoms with E-state index in [4.69, 9.17) is 4.74 Å². The van der Waals surface area contributed by atoms with Gasteiger partial charge in [0, 0.05) is 23.8 Å². The number of nitrogens with one attached hydrogen (secondary N) is 1. The number of non-ortho nitro benzene ring substituents is 2. The van der Waals surface area contributed by atoms with Gasteiger partial charge in [-0.15, -0.1) is 0 Å². The van der Waals surface area contributed by atoms with Crippen molar-refractivity contribution in [2.75, 3.05) is 7.11 Å². The average Bonchev–Trinajstić information content (AvgIpc) is 2.62. The first kappa shape index (κ1) is 19.6. The highest BCUT2D eigenvalue weighted by Crippen LogP contribution is 2.33. The van der Waals surface area contributed by atoms with E-state index >= 15 is 0 Å². The number of phenols is 1. The van der Waals surface area contributed by atoms with Crippen LogP contribution in [0.15, 0.2) is 46.4 Å². The van der Waals surface area contributed by atoms with Crippen LogP contribution in [-0.4, -0.2) is 36.7 Å². The molecule has 0 aliphatic rings. The molecule has 0 spiro atoms. The van der Waals surface area contributed by atoms with Crippen LogP contribution in [0.4, 0.5) is 11.4 Å². The predicted molar refractivity (Wildman–Crippen MR) is 92.3 cm³/mol. The zero-order chi connectivity index (χ0) is 20.2. The topological polar surface area (TPSA) is 174 Å². The minimum atomic E-state index is -4.24. The first-order chi connectivity index (χ1) is 12.7. The maximum absolute atomic E-state index is 12.1. The molecule has 12 nitrogen and oxygen atoms in total. The summed E-state index contributed by atoms with van der Waals surface area (Å²) in [6, 6.07) is 6.22. The molecule has 0 saturated carbocycles. The van der Waals surface area contributed by atoms with Gasteiger partial charge >= 0.3 is 0 Å². The summed E-state index contributed by atoms with van der Waals surface area (Å²) >= 11 is 0. The van der Waals surface area contributed by atoms with Gasteiger partial charge in [0.05, 0.1) is 34.1 Å². The molecule has 0 fully saturated rings. The Kier molecular flexibility index (Phi) is 5.55. The Labute approximate surface area is 152 Å². The number of sulfonamides is 1. The molecule has 0 saturated heterocycles. The van der Waals surface area contributed by atoms with Gasteiger partial charge in [-0.3, -0.25) is 20.2 Å². The van der Waals surface area contributed by atoms with Crippen LogP contribution in [0.3, 0.4) is 0 Å². The Morgan fingerprint density at radius 3 is 2.41 bits per heavy atom. The molecule has 142 valence electrons. The second kappa shape index (κ2) is 7.65. The summed E-state index contributed by atoms with van der Waals surface area (Å²) in [5, 5.41) is 35.0. The van der Waals surface area contributed by atoms with E-state index in [-0.39, 0.29) is 11.3 Å². The summed E-state index contributed by atoms with van der Waals surface area (Å²) in [6.45, 7) is 0. The van der Waals surface area contributed by atoms with Crippen LogP contribution in [-0.2, 0) is 10.0 Å². The zero-order valence-corrected chi connectivity index (χ0v) is 14.4. The van der Waals surface area contributed by atoms with Crippen molar-refractivity contribution < 1.29 is 28.1 Å². The molecule has 0 aliphatic carbocycles. The molecule has 2 N–H and O–H groups in total. The molecule has 2 rings (SSSR count). The molecule has 0 unspecified atom stereocenters. The van der Waals surface area contributed by atoms with E-state index in [0.29, 0.717) is 0 Å². The maximum atomic E-state index is 12.1. The third-order valence-corrected chi connectivity index (χ3v) is 4.46. The fraction of sp³-hybridized carbons (Fsp3) is 0.0714. The van der Waals surface area contributed by atoms with Crippen LogP contribution in [0, 0.1) is 20.2 Å². The van der Waals surface area contributed by atoms with Gasteiger partial charge in [-0.25, -0.2) is 4.83 Å². The molecule has 27 heavy (non-hydrogen) atoms. The minimum absolute atomic E-state index is 0.178. The van der Waals surface area contributed by atoms with E-state index in [2.05, 4.69) is 5.10 Å². The summed E-state index contributed by atoms with van der Waals surface area (Å²) in [6.07, 6.45) is 0.833. The lowest BCUT2D eigenvalue weighted by Gasteiger charge is -2.06. The molecular weight excluding hydrogens is 384 g/mol. The van der Waals surface area contributed by atoms with Gasteiger partial charge < -0.3 is 9.84 Å². The Morgan fingerprint density at radius 2 is 1.81 bits per heavy atom. The lowest BCUT2D eigenvalue weighted by molar-refractivity contribution is -0.385. The van der Waals surface area contributed by atoms with Gasteiger partial charge in [0.2, 0.25) is 0 Å². The molecule has 0 amide bonds. The minimum Gasteiger partial charge on any atom is -0.504 e. The van der Waals surface area contributed by atoms with Crippen molar-refractivity contribution in [1.82, 2.24) is 4.83 Å². The van der Waals surface area contributed by atoms with E-state index in [1.54, 1.807) is 4.83 Å². The van der Waals surface area contributed by atoms with Gasteiger partial charge in [0.1, 0.15) is 0 Å². The number of hydrogen-bond donors (Lipinski definition) is 2. The third-order valence-electron chi connectivity index (χ3n) is 3.24. The van der Waals surface area contributed by atoms with Crippen molar-refractivity contribution in [2.24, 2.45) is 5.10 Å². The molecule has 2 aromatic carbocycles. The fourth-order valence-electron chi connectivity index (χ4n) is 1.96. The monoisotopic (exact) mass is 396 g/mol. The molecule has 0 radical (unpaired) electrons. The van der Waals surface area contributed by atoms with E-state index in [1.165, 1.54) is 13.2 Å². The van der Waals surface area contributed by atoms with Crippen molar-refractivity contribution >= 4 is 27.6 Å². The Balaban J connectivity index is 2.31. The summed E-state index contributed by atoms with van der Waals surface area (Å²) in [4.78, 5) is 21.5. The largest absolute Gasteiger partial charge is 0.504 e. The summed E-state index contributed by atoms with van der Waals surface area (Å²) in [5.74, 6) is -0.686. The lowest BCUT2D eigenvalue weighted by Crippen LogP contribution is -2.18. The lowest BCUT2D eigenvalue weighted by atomic mass is 10.2. The highest BCUT2D eigenvalue weighted by molar-refractivity contribution is 7.89. The highest BCUT2D eigenvalue weighted by atomic mass is 32.2. The molecule has 13 heteroatoms. The Bertz CT molecular complexity index is 1040. The summed E-state index contributed by atoms with van der Waals surface area (Å²) in [5.41, 5.74) is -1.02. The van der Waals surface area contributed by atoms with Crippen LogP contribution >= 0.6 is 0 Å². The van der Waals surface area contributed by atoms with Crippen molar-refractivity contribution in [3.8, 4) is 11.5 Å². The standard InChI is InChI=1S/C14H12N4O8S/c1-26-13-7-11(18(22)23)5-9(14(13)19)8-15-16-27(24,25)12-4-2-3-10(6-12)17(20)21/h2-8,16,19H,1H3/b15-8+. The van der Waals surface area contributed by atoms with E-state index in [0.717, 1.165) is 36.5 Å². The van der Waals surface area contributed by atoms with E-state index in [9.17, 15) is 33.8 Å². The van der Waals surface area contributed by atoms with Crippen molar-refractivity contribution in [2.45, 2.75) is 4.90 Å². The van der Waals surface area contributed by atoms with E-state index < -0.39 is 41.9 Å². The number of rotatable bonds is 7. The number of benzene rings is 2. The highest BCUT2D eigenvalue weighted by Gasteiger charge is 2.18. The van der Waals surface area contributed by atoms with Crippen LogP contribution in [0.1, 0.15) is 5.56 Å². The smallest absolute Gasteiger partial charge is 0.276 e. The summed E-state index contributed by atoms with van der Waals surface area (Å²) < 4.78 is 29.1. The first-order valence-electron chi connectivity index (χ1n) is 7.00. The Morgan fingerprint density at radius 1 is 1.15 bits per heavy atom. The number of methoxy groups -OCH3 is 1. The van der Waals surface area contributed by atoms with Crippen molar-refractivity contribution in [3.05, 3.63) is 62.2 Å². The number of nitro benzene ring substituents is 2. The van der Waals surface area contributed by atoms with Crippen molar-refractivity contribution in [3.63, 3.8) is 0 Å². The van der Waals surface area contributed by atoms with Crippen LogP contribution in [0.25, 0.3) is 0 Å². The number of ether oxygens (including phenoxy) is 1. The number of nitro groups is 2. The van der Waals surface area contributed by atoms with Gasteiger partial charge in [0.25, 0.3) is 21.4 Å². The predicted octanol–water partition coefficient (Wildman–Crippen LogP) is 1.53. The molecule has 2 aromatic rings. The maximum Gasteiger partial charge on any atom is 0.276 e. The molecule has 0 aromatic heterocycles.